The van der Waals surface area contributed by atoms with Crippen molar-refractivity contribution >= 4 is 16.9 Å². The van der Waals surface area contributed by atoms with Crippen LogP contribution in [0.5, 0.6) is 5.75 Å². The highest BCUT2D eigenvalue weighted by atomic mass is 16.5. The molecule has 1 aromatic heterocycles. The van der Waals surface area contributed by atoms with Crippen LogP contribution in [0.25, 0.3) is 11.0 Å². The third-order valence-electron chi connectivity index (χ3n) is 5.67. The lowest BCUT2D eigenvalue weighted by molar-refractivity contribution is -0.129. The molecule has 0 aliphatic heterocycles. The van der Waals surface area contributed by atoms with Crippen molar-refractivity contribution < 1.29 is 9.53 Å². The third-order valence-corrected chi connectivity index (χ3v) is 5.67. The van der Waals surface area contributed by atoms with Gasteiger partial charge in [-0.15, -0.1) is 0 Å². The molecule has 0 aliphatic carbocycles. The molecule has 3 rings (SSSR count). The number of nitrogens with one attached hydrogen (secondary N) is 1. The van der Waals surface area contributed by atoms with Crippen LogP contribution in [0.1, 0.15) is 77.7 Å². The van der Waals surface area contributed by atoms with Crippen molar-refractivity contribution in [2.24, 2.45) is 5.41 Å². The summed E-state index contributed by atoms with van der Waals surface area (Å²) in [5.41, 5.74) is 2.88. The number of carbonyl (C=O) groups excluding carboxylic acids is 1. The topological polar surface area (TPSA) is 56.1 Å². The molecule has 0 radical (unpaired) electrons. The smallest absolute Gasteiger partial charge is 0.225 e. The molecule has 5 nitrogen and oxygen atoms in total. The number of carbonyl (C=O) groups is 1. The second-order valence-electron chi connectivity index (χ2n) is 9.80. The normalized spacial score (nSPS) is 12.8. The molecule has 5 heteroatoms. The van der Waals surface area contributed by atoms with Gasteiger partial charge in [-0.05, 0) is 49.4 Å². The minimum absolute atomic E-state index is 0.0285. The number of unbranched alkanes of at least 4 members (excludes halogenated alkanes) is 1. The summed E-state index contributed by atoms with van der Waals surface area (Å²) >= 11 is 0. The monoisotopic (exact) mass is 435 g/mol. The average molecular weight is 436 g/mol. The van der Waals surface area contributed by atoms with E-state index in [4.69, 9.17) is 9.72 Å². The largest absolute Gasteiger partial charge is 0.493 e. The number of imidazole rings is 1. The molecule has 32 heavy (non-hydrogen) atoms. The number of rotatable bonds is 9. The van der Waals surface area contributed by atoms with Gasteiger partial charge in [0.15, 0.2) is 0 Å². The van der Waals surface area contributed by atoms with Crippen LogP contribution in [0, 0.1) is 5.41 Å². The van der Waals surface area contributed by atoms with Crippen LogP contribution in [-0.2, 0) is 11.3 Å². The van der Waals surface area contributed by atoms with Crippen LogP contribution in [0.4, 0.5) is 0 Å². The van der Waals surface area contributed by atoms with E-state index in [-0.39, 0.29) is 11.9 Å². The Bertz CT molecular complexity index is 1050. The van der Waals surface area contributed by atoms with Crippen LogP contribution >= 0.6 is 0 Å². The second kappa shape index (κ2) is 10.2. The van der Waals surface area contributed by atoms with E-state index >= 15 is 0 Å². The first-order valence-corrected chi connectivity index (χ1v) is 11.7. The van der Waals surface area contributed by atoms with Gasteiger partial charge in [0.25, 0.3) is 0 Å². The lowest BCUT2D eigenvalue weighted by Gasteiger charge is -2.22. The highest BCUT2D eigenvalue weighted by molar-refractivity contribution is 5.82. The molecule has 1 N–H and O–H groups in total. The van der Waals surface area contributed by atoms with Gasteiger partial charge in [0.05, 0.1) is 23.7 Å². The van der Waals surface area contributed by atoms with E-state index in [1.54, 1.807) is 0 Å². The summed E-state index contributed by atoms with van der Waals surface area (Å²) in [4.78, 5) is 17.4. The fourth-order valence-electron chi connectivity index (χ4n) is 3.78. The van der Waals surface area contributed by atoms with E-state index in [1.165, 1.54) is 5.56 Å². The summed E-state index contributed by atoms with van der Waals surface area (Å²) in [6, 6.07) is 16.3. The Morgan fingerprint density at radius 2 is 1.72 bits per heavy atom. The van der Waals surface area contributed by atoms with Crippen LogP contribution in [-0.4, -0.2) is 22.1 Å². The SMILES string of the molecule is CC(C)c1ccccc1OCCCCn1c(C(C)NC(=O)C(C)(C)C)nc2ccccc21. The van der Waals surface area contributed by atoms with Crippen molar-refractivity contribution in [3.8, 4) is 5.75 Å². The minimum atomic E-state index is -0.436. The first-order valence-electron chi connectivity index (χ1n) is 11.7. The predicted octanol–water partition coefficient (Wildman–Crippen LogP) is 6.24. The first-order chi connectivity index (χ1) is 15.2. The lowest BCUT2D eigenvalue weighted by atomic mass is 9.95. The number of hydrogen-bond acceptors (Lipinski definition) is 3. The Morgan fingerprint density at radius 1 is 1.03 bits per heavy atom. The Labute approximate surface area is 192 Å². The number of aromatic nitrogens is 2. The molecule has 0 saturated carbocycles. The van der Waals surface area contributed by atoms with Gasteiger partial charge in [0.1, 0.15) is 11.6 Å². The Balaban J connectivity index is 1.66. The number of para-hydroxylation sites is 3. The van der Waals surface area contributed by atoms with Gasteiger partial charge in [-0.3, -0.25) is 4.79 Å². The van der Waals surface area contributed by atoms with Gasteiger partial charge in [-0.2, -0.15) is 0 Å². The summed E-state index contributed by atoms with van der Waals surface area (Å²) in [5, 5.41) is 3.13. The van der Waals surface area contributed by atoms with Crippen LogP contribution in [0.15, 0.2) is 48.5 Å². The van der Waals surface area contributed by atoms with Gasteiger partial charge in [0.2, 0.25) is 5.91 Å². The molecule has 1 amide bonds. The number of hydrogen-bond donors (Lipinski definition) is 1. The average Bonchev–Trinajstić information content (AvgIpc) is 3.12. The zero-order valence-corrected chi connectivity index (χ0v) is 20.3. The van der Waals surface area contributed by atoms with E-state index in [1.807, 2.05) is 52.0 Å². The number of amides is 1. The summed E-state index contributed by atoms with van der Waals surface area (Å²) < 4.78 is 8.33. The highest BCUT2D eigenvalue weighted by Crippen LogP contribution is 2.26. The maximum atomic E-state index is 12.5. The number of fused-ring (bicyclic) bond motifs is 1. The fourth-order valence-corrected chi connectivity index (χ4v) is 3.78. The number of benzene rings is 2. The standard InChI is InChI=1S/C27H37N3O2/c1-19(2)21-13-7-10-16-24(21)32-18-12-11-17-30-23-15-9-8-14-22(23)29-25(30)20(3)28-26(31)27(4,5)6/h7-10,13-16,19-20H,11-12,17-18H2,1-6H3,(H,28,31). The number of aryl methyl sites for hydroxylation is 1. The Kier molecular flexibility index (Phi) is 7.60. The quantitative estimate of drug-likeness (QED) is 0.405. The molecule has 2 aromatic carbocycles. The minimum Gasteiger partial charge on any atom is -0.493 e. The van der Waals surface area contributed by atoms with Crippen molar-refractivity contribution in [3.05, 3.63) is 59.9 Å². The molecule has 1 atom stereocenters. The molecule has 3 aromatic rings. The van der Waals surface area contributed by atoms with Crippen molar-refractivity contribution in [1.82, 2.24) is 14.9 Å². The maximum Gasteiger partial charge on any atom is 0.225 e. The highest BCUT2D eigenvalue weighted by Gasteiger charge is 2.25. The molecular weight excluding hydrogens is 398 g/mol. The third kappa shape index (κ3) is 5.70. The van der Waals surface area contributed by atoms with Gasteiger partial charge in [-0.25, -0.2) is 4.98 Å². The van der Waals surface area contributed by atoms with Crippen molar-refractivity contribution in [2.75, 3.05) is 6.61 Å². The number of ether oxygens (including phenoxy) is 1. The zero-order valence-electron chi connectivity index (χ0n) is 20.3. The summed E-state index contributed by atoms with van der Waals surface area (Å²) in [6.45, 7) is 13.7. The van der Waals surface area contributed by atoms with Crippen LogP contribution in [0.3, 0.4) is 0 Å². The predicted molar refractivity (Wildman–Crippen MR) is 131 cm³/mol. The Hall–Kier alpha value is -2.82. The first kappa shape index (κ1) is 23.8. The summed E-state index contributed by atoms with van der Waals surface area (Å²) in [6.07, 6.45) is 1.91. The molecule has 0 fully saturated rings. The summed E-state index contributed by atoms with van der Waals surface area (Å²) in [5.74, 6) is 2.35. The van der Waals surface area contributed by atoms with Gasteiger partial charge >= 0.3 is 0 Å². The number of nitrogens with zero attached hydrogens (tertiary/aromatic N) is 2. The molecule has 1 heterocycles. The lowest BCUT2D eigenvalue weighted by Crippen LogP contribution is -2.37. The van der Waals surface area contributed by atoms with E-state index < -0.39 is 5.41 Å². The molecule has 1 unspecified atom stereocenters. The van der Waals surface area contributed by atoms with E-state index in [0.29, 0.717) is 12.5 Å². The van der Waals surface area contributed by atoms with E-state index in [9.17, 15) is 4.79 Å². The van der Waals surface area contributed by atoms with Crippen molar-refractivity contribution in [3.63, 3.8) is 0 Å². The molecule has 172 valence electrons. The van der Waals surface area contributed by atoms with Crippen molar-refractivity contribution in [2.45, 2.75) is 72.9 Å². The van der Waals surface area contributed by atoms with E-state index in [2.05, 4.69) is 48.0 Å². The van der Waals surface area contributed by atoms with Gasteiger partial charge < -0.3 is 14.6 Å². The molecular formula is C27H37N3O2. The molecule has 0 aliphatic rings. The van der Waals surface area contributed by atoms with E-state index in [0.717, 1.165) is 42.0 Å². The zero-order chi connectivity index (χ0) is 23.3. The molecule has 0 spiro atoms. The Morgan fingerprint density at radius 3 is 2.44 bits per heavy atom. The van der Waals surface area contributed by atoms with Crippen LogP contribution < -0.4 is 10.1 Å². The molecule has 0 saturated heterocycles. The van der Waals surface area contributed by atoms with Gasteiger partial charge in [0, 0.05) is 12.0 Å². The second-order valence-corrected chi connectivity index (χ2v) is 9.80. The maximum absolute atomic E-state index is 12.5. The molecule has 0 bridgehead atoms. The van der Waals surface area contributed by atoms with Crippen LogP contribution in [0.2, 0.25) is 0 Å². The van der Waals surface area contributed by atoms with Gasteiger partial charge in [-0.1, -0.05) is 65.0 Å². The fraction of sp³-hybridized carbons (Fsp3) is 0.481. The van der Waals surface area contributed by atoms with Crippen molar-refractivity contribution in [1.29, 1.82) is 0 Å². The summed E-state index contributed by atoms with van der Waals surface area (Å²) in [7, 11) is 0.